The van der Waals surface area contributed by atoms with Gasteiger partial charge in [-0.25, -0.2) is 13.2 Å². The Morgan fingerprint density at radius 2 is 2.04 bits per heavy atom. The van der Waals surface area contributed by atoms with E-state index in [0.29, 0.717) is 6.54 Å². The Labute approximate surface area is 157 Å². The van der Waals surface area contributed by atoms with Gasteiger partial charge in [-0.1, -0.05) is 6.92 Å². The average Bonchev–Trinajstić information content (AvgIpc) is 3.14. The highest BCUT2D eigenvalue weighted by Crippen LogP contribution is 2.36. The first-order valence-corrected chi connectivity index (χ1v) is 10.0. The highest BCUT2D eigenvalue weighted by molar-refractivity contribution is 7.89. The van der Waals surface area contributed by atoms with Crippen LogP contribution in [0.1, 0.15) is 19.4 Å². The van der Waals surface area contributed by atoms with Gasteiger partial charge in [0, 0.05) is 25.3 Å². The largest absolute Gasteiger partial charge is 0.496 e. The van der Waals surface area contributed by atoms with Crippen molar-refractivity contribution in [1.82, 2.24) is 14.9 Å². The molecule has 2 fully saturated rings. The minimum Gasteiger partial charge on any atom is -0.496 e. The summed E-state index contributed by atoms with van der Waals surface area (Å²) in [7, 11) is -2.43. The number of carbonyl (C=O) groups is 2. The molecule has 1 aromatic rings. The van der Waals surface area contributed by atoms with Gasteiger partial charge < -0.3 is 15.2 Å². The summed E-state index contributed by atoms with van der Waals surface area (Å²) < 4.78 is 32.8. The lowest BCUT2D eigenvalue weighted by atomic mass is 9.91. The Morgan fingerprint density at radius 3 is 2.56 bits per heavy atom. The molecule has 2 aliphatic rings. The molecule has 1 aromatic carbocycles. The summed E-state index contributed by atoms with van der Waals surface area (Å²) in [6.07, 6.45) is 0. The van der Waals surface area contributed by atoms with Crippen molar-refractivity contribution in [1.29, 1.82) is 0 Å². The number of nitrogens with zero attached hydrogens (tertiary/aromatic N) is 1. The molecular formula is C17H23N3O6S. The number of hydrogen-bond acceptors (Lipinski definition) is 6. The average molecular weight is 397 g/mol. The van der Waals surface area contributed by atoms with E-state index >= 15 is 0 Å². The maximum atomic E-state index is 13.1. The predicted molar refractivity (Wildman–Crippen MR) is 95.5 cm³/mol. The number of rotatable bonds is 5. The summed E-state index contributed by atoms with van der Waals surface area (Å²) in [5.41, 5.74) is -1.19. The number of sulfonamides is 1. The topological polar surface area (TPSA) is 125 Å². The maximum Gasteiger partial charge on any atom is 0.322 e. The van der Waals surface area contributed by atoms with Crippen LogP contribution in [0.3, 0.4) is 0 Å². The Balaban J connectivity index is 2.03. The molecule has 3 N–H and O–H groups in total. The Bertz CT molecular complexity index is 887. The van der Waals surface area contributed by atoms with E-state index < -0.39 is 27.5 Å². The van der Waals surface area contributed by atoms with E-state index in [1.165, 1.54) is 36.5 Å². The number of methoxy groups -OCH3 is 1. The van der Waals surface area contributed by atoms with Crippen molar-refractivity contribution in [2.75, 3.05) is 26.8 Å². The van der Waals surface area contributed by atoms with Gasteiger partial charge in [-0.3, -0.25) is 10.1 Å². The summed E-state index contributed by atoms with van der Waals surface area (Å²) >= 11 is 0. The van der Waals surface area contributed by atoms with Gasteiger partial charge in [0.05, 0.1) is 12.0 Å². The van der Waals surface area contributed by atoms with Gasteiger partial charge in [-0.05, 0) is 37.0 Å². The molecule has 2 heterocycles. The van der Waals surface area contributed by atoms with E-state index in [1.807, 2.05) is 6.92 Å². The summed E-state index contributed by atoms with van der Waals surface area (Å²) in [5, 5.41) is 14.1. The zero-order valence-corrected chi connectivity index (χ0v) is 16.2. The molecule has 27 heavy (non-hydrogen) atoms. The van der Waals surface area contributed by atoms with Gasteiger partial charge in [0.15, 0.2) is 0 Å². The SMILES string of the molecule is COc1ccc(S(=O)(=O)N2C[C@@H](CO)[C@H](C)C2)cc1[C@@]1(C)NC(=O)NC1=O. The molecule has 2 saturated heterocycles. The lowest BCUT2D eigenvalue weighted by molar-refractivity contribution is -0.123. The molecule has 0 aliphatic carbocycles. The lowest BCUT2D eigenvalue weighted by Crippen LogP contribution is -2.41. The van der Waals surface area contributed by atoms with Crippen LogP contribution in [0.4, 0.5) is 4.79 Å². The van der Waals surface area contributed by atoms with Crippen molar-refractivity contribution < 1.29 is 27.9 Å². The highest BCUT2D eigenvalue weighted by Gasteiger charge is 2.46. The molecule has 3 rings (SSSR count). The molecule has 9 nitrogen and oxygen atoms in total. The quantitative estimate of drug-likeness (QED) is 0.601. The number of benzene rings is 1. The molecule has 0 saturated carbocycles. The number of nitrogens with one attached hydrogen (secondary N) is 2. The van der Waals surface area contributed by atoms with Crippen molar-refractivity contribution in [2.45, 2.75) is 24.3 Å². The van der Waals surface area contributed by atoms with Crippen LogP contribution in [0.2, 0.25) is 0 Å². The van der Waals surface area contributed by atoms with E-state index in [2.05, 4.69) is 10.6 Å². The number of hydrogen-bond donors (Lipinski definition) is 3. The van der Waals surface area contributed by atoms with Crippen molar-refractivity contribution in [2.24, 2.45) is 11.8 Å². The molecule has 0 radical (unpaired) electrons. The van der Waals surface area contributed by atoms with Crippen LogP contribution < -0.4 is 15.4 Å². The van der Waals surface area contributed by atoms with Crippen molar-refractivity contribution in [3.05, 3.63) is 23.8 Å². The summed E-state index contributed by atoms with van der Waals surface area (Å²) in [6, 6.07) is 3.58. The minimum absolute atomic E-state index is 0.000682. The molecule has 2 aliphatic heterocycles. The van der Waals surface area contributed by atoms with Crippen LogP contribution in [0.15, 0.2) is 23.1 Å². The number of urea groups is 1. The zero-order chi connectivity index (χ0) is 20.0. The van der Waals surface area contributed by atoms with Gasteiger partial charge in [-0.15, -0.1) is 0 Å². The van der Waals surface area contributed by atoms with E-state index in [9.17, 15) is 23.1 Å². The van der Waals surface area contributed by atoms with Gasteiger partial charge in [0.2, 0.25) is 10.0 Å². The second-order valence-electron chi connectivity index (χ2n) is 7.14. The molecule has 0 bridgehead atoms. The van der Waals surface area contributed by atoms with Gasteiger partial charge in [-0.2, -0.15) is 4.31 Å². The molecule has 3 amide bonds. The third-order valence-corrected chi connectivity index (χ3v) is 7.19. The van der Waals surface area contributed by atoms with Gasteiger partial charge in [0.25, 0.3) is 5.91 Å². The number of carbonyl (C=O) groups excluding carboxylic acids is 2. The predicted octanol–water partition coefficient (Wildman–Crippen LogP) is -0.00130. The fourth-order valence-electron chi connectivity index (χ4n) is 3.54. The standard InChI is InChI=1S/C17H23N3O6S/c1-10-7-20(8-11(10)9-21)27(24,25)12-4-5-14(26-3)13(6-12)17(2)15(22)18-16(23)19-17/h4-6,10-11,21H,7-9H2,1-3H3,(H2,18,19,22,23)/t10-,11+,17-/m1/s1. The van der Waals surface area contributed by atoms with E-state index in [0.717, 1.165) is 0 Å². The first kappa shape index (κ1) is 19.6. The molecule has 3 atom stereocenters. The third-order valence-electron chi connectivity index (χ3n) is 5.36. The van der Waals surface area contributed by atoms with Crippen LogP contribution >= 0.6 is 0 Å². The number of imide groups is 1. The fraction of sp³-hybridized carbons (Fsp3) is 0.529. The molecule has 0 unspecified atom stereocenters. The first-order chi connectivity index (χ1) is 12.6. The minimum atomic E-state index is -3.83. The van der Waals surface area contributed by atoms with Crippen LogP contribution in [-0.2, 0) is 20.4 Å². The number of ether oxygens (including phenoxy) is 1. The molecule has 0 spiro atoms. The zero-order valence-electron chi connectivity index (χ0n) is 15.4. The van der Waals surface area contributed by atoms with Crippen LogP contribution in [0, 0.1) is 11.8 Å². The number of aliphatic hydroxyl groups is 1. The lowest BCUT2D eigenvalue weighted by Gasteiger charge is -2.25. The van der Waals surface area contributed by atoms with E-state index in [1.54, 1.807) is 0 Å². The Hall–Kier alpha value is -2.17. The van der Waals surface area contributed by atoms with Crippen LogP contribution in [-0.4, -0.2) is 56.6 Å². The normalized spacial score (nSPS) is 28.9. The molecule has 10 heteroatoms. The third kappa shape index (κ3) is 3.17. The van der Waals surface area contributed by atoms with Crippen molar-refractivity contribution in [3.63, 3.8) is 0 Å². The monoisotopic (exact) mass is 397 g/mol. The molecule has 148 valence electrons. The maximum absolute atomic E-state index is 13.1. The van der Waals surface area contributed by atoms with E-state index in [-0.39, 0.29) is 41.2 Å². The molecule has 0 aromatic heterocycles. The number of amides is 3. The summed E-state index contributed by atoms with van der Waals surface area (Å²) in [5.74, 6) is -0.373. The number of aliphatic hydroxyl groups excluding tert-OH is 1. The summed E-state index contributed by atoms with van der Waals surface area (Å²) in [4.78, 5) is 23.9. The van der Waals surface area contributed by atoms with Crippen LogP contribution in [0.5, 0.6) is 5.75 Å². The smallest absolute Gasteiger partial charge is 0.322 e. The fourth-order valence-corrected chi connectivity index (χ4v) is 5.16. The second-order valence-corrected chi connectivity index (χ2v) is 9.08. The molecular weight excluding hydrogens is 374 g/mol. The highest BCUT2D eigenvalue weighted by atomic mass is 32.2. The first-order valence-electron chi connectivity index (χ1n) is 8.56. The summed E-state index contributed by atoms with van der Waals surface area (Å²) in [6.45, 7) is 3.85. The van der Waals surface area contributed by atoms with Gasteiger partial charge in [0.1, 0.15) is 11.3 Å². The van der Waals surface area contributed by atoms with Gasteiger partial charge >= 0.3 is 6.03 Å². The van der Waals surface area contributed by atoms with Crippen LogP contribution in [0.25, 0.3) is 0 Å². The van der Waals surface area contributed by atoms with E-state index in [4.69, 9.17) is 4.74 Å². The Morgan fingerprint density at radius 1 is 1.33 bits per heavy atom. The second kappa shape index (κ2) is 6.77. The van der Waals surface area contributed by atoms with Crippen molar-refractivity contribution >= 4 is 22.0 Å². The van der Waals surface area contributed by atoms with Crippen molar-refractivity contribution in [3.8, 4) is 5.75 Å². The Kier molecular flexibility index (Phi) is 4.91.